The summed E-state index contributed by atoms with van der Waals surface area (Å²) in [5.74, 6) is -1.15. The summed E-state index contributed by atoms with van der Waals surface area (Å²) in [6.07, 6.45) is 0.994. The fourth-order valence-electron chi connectivity index (χ4n) is 0.890. The van der Waals surface area contributed by atoms with Crippen LogP contribution in [-0.4, -0.2) is 31.1 Å². The van der Waals surface area contributed by atoms with Gasteiger partial charge >= 0.3 is 11.9 Å². The number of carbonyl (C=O) groups is 2. The van der Waals surface area contributed by atoms with Crippen LogP contribution in [0.2, 0.25) is 0 Å². The minimum atomic E-state index is -0.694. The van der Waals surface area contributed by atoms with E-state index in [9.17, 15) is 19.7 Å². The lowest BCUT2D eigenvalue weighted by atomic mass is 10.2. The molecule has 0 rings (SSSR count). The molecule has 0 heterocycles. The minimum absolute atomic E-state index is 0.0367. The third-order valence-corrected chi connectivity index (χ3v) is 1.74. The lowest BCUT2D eigenvalue weighted by Gasteiger charge is -1.98. The van der Waals surface area contributed by atoms with Crippen molar-refractivity contribution in [3.05, 3.63) is 21.9 Å². The molecule has 0 radical (unpaired) electrons. The molecule has 0 aliphatic rings. The maximum absolute atomic E-state index is 10.8. The van der Waals surface area contributed by atoms with Gasteiger partial charge < -0.3 is 9.47 Å². The van der Waals surface area contributed by atoms with Crippen molar-refractivity contribution in [1.82, 2.24) is 0 Å². The molecule has 0 aliphatic heterocycles. The van der Waals surface area contributed by atoms with Crippen LogP contribution in [0.3, 0.4) is 0 Å². The molecule has 0 amide bonds. The second-order valence-electron chi connectivity index (χ2n) is 2.82. The van der Waals surface area contributed by atoms with Crippen LogP contribution in [0.15, 0.2) is 11.8 Å². The van der Waals surface area contributed by atoms with Crippen LogP contribution in [0, 0.1) is 10.1 Å². The van der Waals surface area contributed by atoms with Gasteiger partial charge in [-0.3, -0.25) is 19.7 Å². The lowest BCUT2D eigenvalue weighted by molar-refractivity contribution is -0.427. The molecule has 0 saturated heterocycles. The Kier molecular flexibility index (Phi) is 6.50. The molecule has 0 unspecified atom stereocenters. The number of hydrogen-bond donors (Lipinski definition) is 0. The van der Waals surface area contributed by atoms with Gasteiger partial charge in [0.05, 0.1) is 19.1 Å². The van der Waals surface area contributed by atoms with Crippen molar-refractivity contribution in [1.29, 1.82) is 0 Å². The van der Waals surface area contributed by atoms with Gasteiger partial charge in [-0.05, 0) is 12.5 Å². The van der Waals surface area contributed by atoms with Crippen molar-refractivity contribution >= 4 is 11.9 Å². The maximum Gasteiger partial charge on any atom is 0.316 e. The van der Waals surface area contributed by atoms with Gasteiger partial charge in [-0.15, -0.1) is 0 Å². The van der Waals surface area contributed by atoms with Crippen molar-refractivity contribution in [2.24, 2.45) is 0 Å². The normalized spacial score (nSPS) is 10.8. The van der Waals surface area contributed by atoms with Crippen LogP contribution in [0.1, 0.15) is 19.3 Å². The first-order valence-corrected chi connectivity index (χ1v) is 4.48. The largest absolute Gasteiger partial charge is 0.469 e. The number of hydrogen-bond acceptors (Lipinski definition) is 6. The van der Waals surface area contributed by atoms with Gasteiger partial charge in [0.1, 0.15) is 6.42 Å². The first kappa shape index (κ1) is 14.1. The molecule has 90 valence electrons. The fourth-order valence-corrected chi connectivity index (χ4v) is 0.890. The topological polar surface area (TPSA) is 95.7 Å². The van der Waals surface area contributed by atoms with Crippen LogP contribution in [0.25, 0.3) is 0 Å². The lowest BCUT2D eigenvalue weighted by Crippen LogP contribution is -2.08. The predicted molar refractivity (Wildman–Crippen MR) is 53.0 cm³/mol. The van der Waals surface area contributed by atoms with Gasteiger partial charge in [-0.25, -0.2) is 0 Å². The predicted octanol–water partition coefficient (Wildman–Crippen LogP) is 0.663. The number of nitro groups is 1. The molecular weight excluding hydrogens is 218 g/mol. The molecule has 16 heavy (non-hydrogen) atoms. The van der Waals surface area contributed by atoms with E-state index in [0.717, 1.165) is 7.11 Å². The number of carbonyl (C=O) groups excluding carboxylic acids is 2. The first-order chi connectivity index (χ1) is 7.51. The SMILES string of the molecule is COC(=O)CC/C=C(/CC(=O)OC)[N+](=O)[O-]. The van der Waals surface area contributed by atoms with Crippen molar-refractivity contribution in [2.75, 3.05) is 14.2 Å². The van der Waals surface area contributed by atoms with Crippen molar-refractivity contribution in [3.63, 3.8) is 0 Å². The number of esters is 2. The Morgan fingerprint density at radius 2 is 1.81 bits per heavy atom. The molecule has 0 aliphatic carbocycles. The highest BCUT2D eigenvalue weighted by molar-refractivity contribution is 5.71. The van der Waals surface area contributed by atoms with Gasteiger partial charge in [0.15, 0.2) is 0 Å². The van der Waals surface area contributed by atoms with E-state index in [1.165, 1.54) is 13.2 Å². The van der Waals surface area contributed by atoms with Crippen LogP contribution in [0.5, 0.6) is 0 Å². The average molecular weight is 231 g/mol. The molecule has 0 fully saturated rings. The van der Waals surface area contributed by atoms with Gasteiger partial charge in [0, 0.05) is 6.42 Å². The Morgan fingerprint density at radius 3 is 2.25 bits per heavy atom. The van der Waals surface area contributed by atoms with E-state index >= 15 is 0 Å². The molecule has 0 aromatic rings. The summed E-state index contributed by atoms with van der Waals surface area (Å²) in [7, 11) is 2.38. The van der Waals surface area contributed by atoms with Gasteiger partial charge in [0.25, 0.3) is 5.70 Å². The Bertz CT molecular complexity index is 309. The monoisotopic (exact) mass is 231 g/mol. The number of nitrogens with zero attached hydrogens (tertiary/aromatic N) is 1. The minimum Gasteiger partial charge on any atom is -0.469 e. The molecule has 0 aromatic heterocycles. The van der Waals surface area contributed by atoms with E-state index in [1.54, 1.807) is 0 Å². The Balaban J connectivity index is 4.31. The third kappa shape index (κ3) is 5.74. The molecule has 0 N–H and O–H groups in total. The quantitative estimate of drug-likeness (QED) is 0.378. The smallest absolute Gasteiger partial charge is 0.316 e. The zero-order valence-corrected chi connectivity index (χ0v) is 9.10. The molecule has 0 atom stereocenters. The zero-order valence-electron chi connectivity index (χ0n) is 9.10. The molecular formula is C9H13NO6. The van der Waals surface area contributed by atoms with Crippen LogP contribution in [0.4, 0.5) is 0 Å². The standard InChI is InChI=1S/C9H13NO6/c1-15-8(11)5-3-4-7(10(13)14)6-9(12)16-2/h4H,3,5-6H2,1-2H3/b7-4-. The first-order valence-electron chi connectivity index (χ1n) is 4.48. The van der Waals surface area contributed by atoms with E-state index < -0.39 is 23.3 Å². The summed E-state index contributed by atoms with van der Waals surface area (Å²) in [6.45, 7) is 0. The molecule has 0 bridgehead atoms. The number of ether oxygens (including phenoxy) is 2. The summed E-state index contributed by atoms with van der Waals surface area (Å²) in [5, 5.41) is 10.5. The van der Waals surface area contributed by atoms with E-state index in [0.29, 0.717) is 0 Å². The summed E-state index contributed by atoms with van der Waals surface area (Å²) < 4.78 is 8.67. The van der Waals surface area contributed by atoms with Crippen molar-refractivity contribution in [3.8, 4) is 0 Å². The summed E-state index contributed by atoms with van der Waals surface area (Å²) in [6, 6.07) is 0. The fraction of sp³-hybridized carbons (Fsp3) is 0.556. The second kappa shape index (κ2) is 7.38. The molecule has 7 heteroatoms. The van der Waals surface area contributed by atoms with E-state index in [2.05, 4.69) is 9.47 Å². The van der Waals surface area contributed by atoms with Crippen LogP contribution >= 0.6 is 0 Å². The van der Waals surface area contributed by atoms with E-state index in [1.807, 2.05) is 0 Å². The summed E-state index contributed by atoms with van der Waals surface area (Å²) in [4.78, 5) is 31.4. The Morgan fingerprint density at radius 1 is 1.25 bits per heavy atom. The van der Waals surface area contributed by atoms with E-state index in [4.69, 9.17) is 0 Å². The highest BCUT2D eigenvalue weighted by atomic mass is 16.6. The van der Waals surface area contributed by atoms with Gasteiger partial charge in [-0.1, -0.05) is 0 Å². The Hall–Kier alpha value is -1.92. The molecule has 0 saturated carbocycles. The second-order valence-corrected chi connectivity index (χ2v) is 2.82. The molecule has 0 spiro atoms. The van der Waals surface area contributed by atoms with E-state index in [-0.39, 0.29) is 18.5 Å². The molecule has 7 nitrogen and oxygen atoms in total. The number of allylic oxidation sites excluding steroid dienone is 1. The maximum atomic E-state index is 10.8. The summed E-state index contributed by atoms with van der Waals surface area (Å²) >= 11 is 0. The molecule has 0 aromatic carbocycles. The number of rotatable bonds is 6. The van der Waals surface area contributed by atoms with Gasteiger partial charge in [-0.2, -0.15) is 0 Å². The van der Waals surface area contributed by atoms with Crippen molar-refractivity contribution in [2.45, 2.75) is 19.3 Å². The zero-order chi connectivity index (χ0) is 12.6. The van der Waals surface area contributed by atoms with Crippen molar-refractivity contribution < 1.29 is 24.0 Å². The van der Waals surface area contributed by atoms with Crippen LogP contribution in [-0.2, 0) is 19.1 Å². The summed E-state index contributed by atoms with van der Waals surface area (Å²) in [5.41, 5.74) is -0.282. The van der Waals surface area contributed by atoms with Crippen LogP contribution < -0.4 is 0 Å². The van der Waals surface area contributed by atoms with Gasteiger partial charge in [0.2, 0.25) is 0 Å². The highest BCUT2D eigenvalue weighted by Crippen LogP contribution is 2.06. The number of methoxy groups -OCH3 is 2. The Labute approximate surface area is 92.2 Å². The third-order valence-electron chi connectivity index (χ3n) is 1.74. The highest BCUT2D eigenvalue weighted by Gasteiger charge is 2.16. The average Bonchev–Trinajstić information content (AvgIpc) is 2.26.